The molecule has 0 aromatic heterocycles. The zero-order valence-electron chi connectivity index (χ0n) is 10.6. The van der Waals surface area contributed by atoms with Crippen LogP contribution in [0.25, 0.3) is 0 Å². The molecule has 4 heteroatoms. The van der Waals surface area contributed by atoms with Crippen molar-refractivity contribution in [3.63, 3.8) is 0 Å². The Morgan fingerprint density at radius 1 is 1.11 bits per heavy atom. The fourth-order valence-electron chi connectivity index (χ4n) is 1.86. The lowest BCUT2D eigenvalue weighted by Gasteiger charge is -2.21. The van der Waals surface area contributed by atoms with Gasteiger partial charge in [-0.2, -0.15) is 0 Å². The Hall–Kier alpha value is -1.39. The molecule has 0 amide bonds. The number of unbranched alkanes of at least 4 members (excludes halogenated alkanes) is 1. The molecule has 0 radical (unpaired) electrons. The lowest BCUT2D eigenvalue weighted by atomic mass is 10.2. The number of aliphatic carboxylic acids is 1. The number of hydrogen-bond donors (Lipinski definition) is 2. The van der Waals surface area contributed by atoms with Gasteiger partial charge in [-0.1, -0.05) is 30.3 Å². The highest BCUT2D eigenvalue weighted by Gasteiger charge is 2.05. The third-order valence-electron chi connectivity index (χ3n) is 2.78. The number of carbonyl (C=O) groups is 1. The van der Waals surface area contributed by atoms with Crippen molar-refractivity contribution in [2.24, 2.45) is 0 Å². The molecule has 0 heterocycles. The third-order valence-corrected chi connectivity index (χ3v) is 2.78. The van der Waals surface area contributed by atoms with Crippen LogP contribution in [-0.4, -0.2) is 40.8 Å². The molecule has 0 aliphatic carbocycles. The molecule has 0 aliphatic heterocycles. The molecule has 18 heavy (non-hydrogen) atoms. The van der Waals surface area contributed by atoms with E-state index in [1.165, 1.54) is 5.56 Å². The van der Waals surface area contributed by atoms with Gasteiger partial charge in [-0.05, 0) is 24.9 Å². The summed E-state index contributed by atoms with van der Waals surface area (Å²) in [5.74, 6) is -0.744. The number of carboxylic acids is 1. The maximum Gasteiger partial charge on any atom is 0.303 e. The van der Waals surface area contributed by atoms with E-state index in [9.17, 15) is 4.79 Å². The van der Waals surface area contributed by atoms with Gasteiger partial charge >= 0.3 is 5.97 Å². The van der Waals surface area contributed by atoms with E-state index in [4.69, 9.17) is 10.2 Å². The number of hydrogen-bond acceptors (Lipinski definition) is 3. The van der Waals surface area contributed by atoms with Gasteiger partial charge in [0.25, 0.3) is 0 Å². The highest BCUT2D eigenvalue weighted by atomic mass is 16.4. The lowest BCUT2D eigenvalue weighted by Crippen LogP contribution is -2.27. The van der Waals surface area contributed by atoms with Gasteiger partial charge in [0.1, 0.15) is 0 Å². The monoisotopic (exact) mass is 251 g/mol. The lowest BCUT2D eigenvalue weighted by molar-refractivity contribution is -0.137. The van der Waals surface area contributed by atoms with Crippen molar-refractivity contribution in [1.82, 2.24) is 4.90 Å². The van der Waals surface area contributed by atoms with Crippen LogP contribution in [0, 0.1) is 0 Å². The molecule has 0 bridgehead atoms. The minimum Gasteiger partial charge on any atom is -0.481 e. The van der Waals surface area contributed by atoms with Crippen molar-refractivity contribution in [1.29, 1.82) is 0 Å². The minimum atomic E-state index is -0.744. The molecule has 4 nitrogen and oxygen atoms in total. The fraction of sp³-hybridized carbons (Fsp3) is 0.500. The van der Waals surface area contributed by atoms with Crippen LogP contribution in [0.1, 0.15) is 24.8 Å². The Morgan fingerprint density at radius 2 is 1.83 bits per heavy atom. The normalized spacial score (nSPS) is 10.8. The van der Waals surface area contributed by atoms with E-state index in [1.54, 1.807) is 0 Å². The van der Waals surface area contributed by atoms with E-state index >= 15 is 0 Å². The minimum absolute atomic E-state index is 0.131. The van der Waals surface area contributed by atoms with E-state index < -0.39 is 5.97 Å². The summed E-state index contributed by atoms with van der Waals surface area (Å²) < 4.78 is 0. The molecule has 1 aromatic rings. The molecule has 100 valence electrons. The van der Waals surface area contributed by atoms with Crippen LogP contribution in [0.4, 0.5) is 0 Å². The summed E-state index contributed by atoms with van der Waals surface area (Å²) in [5.41, 5.74) is 1.21. The fourth-order valence-corrected chi connectivity index (χ4v) is 1.86. The molecule has 0 spiro atoms. The Balaban J connectivity index is 2.33. The molecular weight excluding hydrogens is 230 g/mol. The van der Waals surface area contributed by atoms with Crippen LogP contribution in [0.3, 0.4) is 0 Å². The number of aliphatic hydroxyl groups excluding tert-OH is 1. The largest absolute Gasteiger partial charge is 0.481 e. The molecule has 1 aromatic carbocycles. The predicted molar refractivity (Wildman–Crippen MR) is 70.3 cm³/mol. The predicted octanol–water partition coefficient (Wildman–Crippen LogP) is 1.74. The first-order valence-corrected chi connectivity index (χ1v) is 6.31. The molecule has 2 N–H and O–H groups in total. The van der Waals surface area contributed by atoms with Gasteiger partial charge in [0.15, 0.2) is 0 Å². The van der Waals surface area contributed by atoms with Crippen molar-refractivity contribution >= 4 is 5.97 Å². The SMILES string of the molecule is O=C(O)CCCCN(CCO)Cc1ccccc1. The Morgan fingerprint density at radius 3 is 2.44 bits per heavy atom. The zero-order chi connectivity index (χ0) is 13.2. The molecule has 0 saturated carbocycles. The van der Waals surface area contributed by atoms with Crippen LogP contribution in [-0.2, 0) is 11.3 Å². The van der Waals surface area contributed by atoms with E-state index in [0.717, 1.165) is 19.5 Å². The summed E-state index contributed by atoms with van der Waals surface area (Å²) in [6.07, 6.45) is 1.75. The van der Waals surface area contributed by atoms with Crippen molar-refractivity contribution in [3.8, 4) is 0 Å². The molecule has 1 rings (SSSR count). The van der Waals surface area contributed by atoms with Crippen LogP contribution in [0.5, 0.6) is 0 Å². The van der Waals surface area contributed by atoms with Crippen LogP contribution in [0.15, 0.2) is 30.3 Å². The summed E-state index contributed by atoms with van der Waals surface area (Å²) in [5, 5.41) is 17.6. The molecule has 0 aliphatic rings. The first-order valence-electron chi connectivity index (χ1n) is 6.31. The zero-order valence-corrected chi connectivity index (χ0v) is 10.6. The second kappa shape index (κ2) is 8.66. The number of nitrogens with zero attached hydrogens (tertiary/aromatic N) is 1. The van der Waals surface area contributed by atoms with E-state index in [1.807, 2.05) is 18.2 Å². The Kier molecular flexibility index (Phi) is 7.06. The van der Waals surface area contributed by atoms with Gasteiger partial charge in [-0.3, -0.25) is 9.69 Å². The van der Waals surface area contributed by atoms with Crippen LogP contribution < -0.4 is 0 Å². The number of rotatable bonds is 9. The molecule has 0 atom stereocenters. The van der Waals surface area contributed by atoms with Gasteiger partial charge in [0, 0.05) is 19.5 Å². The van der Waals surface area contributed by atoms with Crippen LogP contribution in [0.2, 0.25) is 0 Å². The van der Waals surface area contributed by atoms with E-state index in [-0.39, 0.29) is 13.0 Å². The highest BCUT2D eigenvalue weighted by molar-refractivity contribution is 5.66. The van der Waals surface area contributed by atoms with Gasteiger partial charge < -0.3 is 10.2 Å². The first kappa shape index (κ1) is 14.7. The van der Waals surface area contributed by atoms with E-state index in [2.05, 4.69) is 17.0 Å². The number of aliphatic hydroxyl groups is 1. The first-order chi connectivity index (χ1) is 8.72. The number of carboxylic acid groups (broad SMARTS) is 1. The second-order valence-corrected chi connectivity index (χ2v) is 4.34. The summed E-state index contributed by atoms with van der Waals surface area (Å²) in [7, 11) is 0. The topological polar surface area (TPSA) is 60.8 Å². The molecule has 0 saturated heterocycles. The third kappa shape index (κ3) is 6.37. The van der Waals surface area contributed by atoms with Gasteiger partial charge in [0.2, 0.25) is 0 Å². The second-order valence-electron chi connectivity index (χ2n) is 4.34. The van der Waals surface area contributed by atoms with Crippen molar-refractivity contribution in [2.75, 3.05) is 19.7 Å². The molecule has 0 fully saturated rings. The van der Waals surface area contributed by atoms with E-state index in [0.29, 0.717) is 13.0 Å². The number of benzene rings is 1. The van der Waals surface area contributed by atoms with Crippen molar-refractivity contribution in [2.45, 2.75) is 25.8 Å². The van der Waals surface area contributed by atoms with Gasteiger partial charge in [-0.15, -0.1) is 0 Å². The Labute approximate surface area is 108 Å². The average molecular weight is 251 g/mol. The van der Waals surface area contributed by atoms with Crippen molar-refractivity contribution in [3.05, 3.63) is 35.9 Å². The molecular formula is C14H21NO3. The summed E-state index contributed by atoms with van der Waals surface area (Å²) in [6.45, 7) is 2.38. The summed E-state index contributed by atoms with van der Waals surface area (Å²) in [4.78, 5) is 12.6. The summed E-state index contributed by atoms with van der Waals surface area (Å²) >= 11 is 0. The maximum absolute atomic E-state index is 10.4. The average Bonchev–Trinajstić information content (AvgIpc) is 2.36. The quantitative estimate of drug-likeness (QED) is 0.656. The van der Waals surface area contributed by atoms with Gasteiger partial charge in [0.05, 0.1) is 6.61 Å². The smallest absolute Gasteiger partial charge is 0.303 e. The van der Waals surface area contributed by atoms with Crippen molar-refractivity contribution < 1.29 is 15.0 Å². The van der Waals surface area contributed by atoms with Crippen LogP contribution >= 0.6 is 0 Å². The standard InChI is InChI=1S/C14H21NO3/c16-11-10-15(9-5-4-8-14(17)18)12-13-6-2-1-3-7-13/h1-3,6-7,16H,4-5,8-12H2,(H,17,18). The van der Waals surface area contributed by atoms with Gasteiger partial charge in [-0.25, -0.2) is 0 Å². The summed E-state index contributed by atoms with van der Waals surface area (Å²) in [6, 6.07) is 10.1. The highest BCUT2D eigenvalue weighted by Crippen LogP contribution is 2.06. The molecule has 0 unspecified atom stereocenters. The maximum atomic E-state index is 10.4. The Bertz CT molecular complexity index is 340.